The topological polar surface area (TPSA) is 13.1 Å². The third-order valence-electron chi connectivity index (χ3n) is 16.8. The largest absolute Gasteiger partial charge is 0.455 e. The van der Waals surface area contributed by atoms with Crippen LogP contribution in [0.4, 0.5) is 0 Å². The van der Waals surface area contributed by atoms with Gasteiger partial charge >= 0.3 is 0 Å². The Morgan fingerprint density at radius 2 is 0.709 bits per heavy atom. The molecule has 0 N–H and O–H groups in total. The van der Waals surface area contributed by atoms with E-state index in [4.69, 9.17) is 20.9 Å². The average molecular weight is 1110 g/mol. The van der Waals surface area contributed by atoms with E-state index in [2.05, 4.69) is 30.3 Å². The zero-order chi connectivity index (χ0) is 70.8. The first-order chi connectivity index (χ1) is 49.3. The van der Waals surface area contributed by atoms with Gasteiger partial charge in [-0.3, -0.25) is 0 Å². The van der Waals surface area contributed by atoms with Gasteiger partial charge in [-0.2, -0.15) is 0 Å². The van der Waals surface area contributed by atoms with E-state index >= 15 is 0 Å². The van der Waals surface area contributed by atoms with Crippen molar-refractivity contribution in [2.24, 2.45) is 0 Å². The molecule has 17 aromatic rings. The molecule has 0 aliphatic rings. The Balaban J connectivity index is 0.000000158. The highest BCUT2D eigenvalue weighted by Crippen LogP contribution is 2.44. The van der Waals surface area contributed by atoms with Crippen molar-refractivity contribution in [3.63, 3.8) is 0 Å². The van der Waals surface area contributed by atoms with Gasteiger partial charge in [0.1, 0.15) is 11.2 Å². The molecular formula is C85H58O. The highest BCUT2D eigenvalue weighted by Gasteiger charge is 2.20. The molecule has 0 bridgehead atoms. The van der Waals surface area contributed by atoms with E-state index in [1.807, 2.05) is 188 Å². The molecule has 0 atom stereocenters. The van der Waals surface area contributed by atoms with Crippen LogP contribution in [0.2, 0.25) is 0 Å². The third-order valence-corrected chi connectivity index (χ3v) is 16.8. The van der Waals surface area contributed by atoms with Crippen molar-refractivity contribution in [1.82, 2.24) is 0 Å². The standard InChI is InChI=1S/C43H28O.C42H30/c1-2-12-28(13-3-1)30-15-10-16-31(26-30)41-36-21-8-6-19-34(36)39(35-20-7-9-22-37(35)41)27-32-17-11-23-40-42(32)38-25-24-29-14-4-5-18-33(29)43(38)44-40;1-2-12-33-27-34(25-24-30(33)10-1)31-22-20-29(21-23-31)26-41-37-16-5-7-18-39(37)42(40-19-8-6-17-38(40)41)28-35-14-9-13-32-11-3-4-15-36(32)35/h1-26H,27H2;1-25,27H,26,28H2/i6D,7D,8D,9D,19D,20D,21D,22D;5D,6D,7D,8D,16D,17D,18D,19D. The second kappa shape index (κ2) is 21.7. The Bertz CT molecular complexity index is 6260. The van der Waals surface area contributed by atoms with Gasteiger partial charge < -0.3 is 4.42 Å². The molecule has 0 unspecified atom stereocenters. The fourth-order valence-electron chi connectivity index (χ4n) is 12.8. The summed E-state index contributed by atoms with van der Waals surface area (Å²) in [5.41, 5.74) is 10.0. The maximum Gasteiger partial charge on any atom is 0.143 e. The molecule has 17 rings (SSSR count). The molecule has 0 amide bonds. The summed E-state index contributed by atoms with van der Waals surface area (Å²) in [6.07, 6.45) is 0.517. The molecule has 0 fully saturated rings. The normalized spacial score (nSPS) is 14.2. The van der Waals surface area contributed by atoms with E-state index in [-0.39, 0.29) is 135 Å². The van der Waals surface area contributed by atoms with Gasteiger partial charge in [0, 0.05) is 16.2 Å². The van der Waals surface area contributed by atoms with Crippen molar-refractivity contribution in [3.05, 3.63) is 348 Å². The first kappa shape index (κ1) is 36.7. The van der Waals surface area contributed by atoms with Crippen LogP contribution in [-0.4, -0.2) is 0 Å². The molecule has 1 heteroatoms. The maximum absolute atomic E-state index is 9.32. The minimum absolute atomic E-state index is 0.111. The van der Waals surface area contributed by atoms with Gasteiger partial charge in [0.05, 0.1) is 21.9 Å². The molecule has 86 heavy (non-hydrogen) atoms. The summed E-state index contributed by atoms with van der Waals surface area (Å²) < 4.78 is 150. The van der Waals surface area contributed by atoms with Crippen LogP contribution in [0.25, 0.3) is 131 Å². The summed E-state index contributed by atoms with van der Waals surface area (Å²) in [4.78, 5) is 0. The summed E-state index contributed by atoms with van der Waals surface area (Å²) in [6.45, 7) is 0. The zero-order valence-electron chi connectivity index (χ0n) is 62.3. The number of furan rings is 1. The van der Waals surface area contributed by atoms with Crippen molar-refractivity contribution in [2.75, 3.05) is 0 Å². The van der Waals surface area contributed by atoms with E-state index in [9.17, 15) is 5.48 Å². The molecule has 0 aliphatic carbocycles. The fourth-order valence-corrected chi connectivity index (χ4v) is 12.8. The van der Waals surface area contributed by atoms with E-state index < -0.39 is 24.2 Å². The van der Waals surface area contributed by atoms with Gasteiger partial charge in [0.2, 0.25) is 0 Å². The minimum Gasteiger partial charge on any atom is -0.455 e. The molecule has 404 valence electrons. The summed E-state index contributed by atoms with van der Waals surface area (Å²) in [5, 5.41) is 9.97. The van der Waals surface area contributed by atoms with E-state index in [1.54, 1.807) is 0 Å². The maximum atomic E-state index is 9.32. The molecule has 0 saturated carbocycles. The van der Waals surface area contributed by atoms with Crippen LogP contribution in [0.5, 0.6) is 0 Å². The lowest BCUT2D eigenvalue weighted by atomic mass is 9.85. The van der Waals surface area contributed by atoms with Crippen LogP contribution in [0.3, 0.4) is 0 Å². The lowest BCUT2D eigenvalue weighted by Crippen LogP contribution is -1.99. The van der Waals surface area contributed by atoms with Gasteiger partial charge in [-0.05, 0) is 180 Å². The Morgan fingerprint density at radius 3 is 1.38 bits per heavy atom. The van der Waals surface area contributed by atoms with Crippen molar-refractivity contribution in [1.29, 1.82) is 0 Å². The minimum atomic E-state index is -0.418. The van der Waals surface area contributed by atoms with Crippen LogP contribution < -0.4 is 0 Å². The number of rotatable bonds is 9. The third kappa shape index (κ3) is 9.13. The smallest absolute Gasteiger partial charge is 0.143 e. The van der Waals surface area contributed by atoms with Gasteiger partial charge in [-0.1, -0.05) is 291 Å². The second-order valence-corrected chi connectivity index (χ2v) is 21.7. The van der Waals surface area contributed by atoms with E-state index in [0.29, 0.717) is 33.4 Å². The van der Waals surface area contributed by atoms with Crippen LogP contribution in [0.1, 0.15) is 55.3 Å². The first-order valence-electron chi connectivity index (χ1n) is 36.7. The summed E-state index contributed by atoms with van der Waals surface area (Å²) >= 11 is 0. The molecule has 0 spiro atoms. The monoisotopic (exact) mass is 1110 g/mol. The lowest BCUT2D eigenvalue weighted by Gasteiger charge is -2.18. The number of fused-ring (bicyclic) bond motifs is 11. The lowest BCUT2D eigenvalue weighted by molar-refractivity contribution is 0.672. The van der Waals surface area contributed by atoms with Gasteiger partial charge in [0.25, 0.3) is 0 Å². The molecule has 0 saturated heterocycles. The van der Waals surface area contributed by atoms with Crippen LogP contribution >= 0.6 is 0 Å². The highest BCUT2D eigenvalue weighted by atomic mass is 16.3. The van der Waals surface area contributed by atoms with Crippen LogP contribution in [-0.2, 0) is 19.3 Å². The Labute approximate surface area is 522 Å². The predicted molar refractivity (Wildman–Crippen MR) is 367 cm³/mol. The fraction of sp³-hybridized carbons (Fsp3) is 0.0353. The highest BCUT2D eigenvalue weighted by molar-refractivity contribution is 6.18. The summed E-state index contributed by atoms with van der Waals surface area (Å²) in [6, 6.07) is 66.1. The van der Waals surface area contributed by atoms with Crippen molar-refractivity contribution < 1.29 is 26.3 Å². The number of hydrogen-bond donors (Lipinski definition) is 0. The summed E-state index contributed by atoms with van der Waals surface area (Å²) in [7, 11) is 0. The second-order valence-electron chi connectivity index (χ2n) is 21.7. The molecule has 1 heterocycles. The number of hydrogen-bond acceptors (Lipinski definition) is 1. The molecule has 1 aromatic heterocycles. The number of benzene rings is 16. The Morgan fingerprint density at radius 1 is 0.267 bits per heavy atom. The average Bonchev–Trinajstić information content (AvgIpc) is 0.798. The molecule has 16 aromatic carbocycles. The predicted octanol–water partition coefficient (Wildman–Crippen LogP) is 23.1. The summed E-state index contributed by atoms with van der Waals surface area (Å²) in [5.74, 6) is 0. The van der Waals surface area contributed by atoms with Gasteiger partial charge in [-0.25, -0.2) is 0 Å². The molecule has 1 nitrogen and oxygen atoms in total. The zero-order valence-corrected chi connectivity index (χ0v) is 46.3. The quantitative estimate of drug-likeness (QED) is 0.131. The van der Waals surface area contributed by atoms with Crippen LogP contribution in [0, 0.1) is 0 Å². The van der Waals surface area contributed by atoms with Crippen LogP contribution in [0.15, 0.2) is 319 Å². The molecular weight excluding hydrogens is 1040 g/mol. The first-order valence-corrected chi connectivity index (χ1v) is 28.7. The van der Waals surface area contributed by atoms with Crippen molar-refractivity contribution >= 4 is 97.3 Å². The van der Waals surface area contributed by atoms with Gasteiger partial charge in [0.15, 0.2) is 0 Å². The van der Waals surface area contributed by atoms with E-state index in [0.717, 1.165) is 87.6 Å². The van der Waals surface area contributed by atoms with Crippen molar-refractivity contribution in [2.45, 2.75) is 19.3 Å². The Hall–Kier alpha value is -10.9. The molecule has 0 aliphatic heterocycles. The van der Waals surface area contributed by atoms with Gasteiger partial charge in [-0.15, -0.1) is 0 Å². The molecule has 0 radical (unpaired) electrons. The Kier molecular flexibility index (Phi) is 9.26. The van der Waals surface area contributed by atoms with Crippen molar-refractivity contribution in [3.8, 4) is 33.4 Å². The SMILES string of the molecule is [2H]c1c([2H])c([2H])c2c(-c3cccc(-c4ccccc4)c3)c3c([2H])c([2H])c([2H])c([2H])c3c(Cc3cccc4oc5c6ccccc6ccc5c34)c2c1[2H].[2H]c1c([2H])c([2H])c2c(Cc3cccc4ccccc34)c3c([2H])c([2H])c([2H])c([2H])c3c(Cc3ccc(-c4ccc5ccccc5c4)cc3)c2c1[2H]. The van der Waals surface area contributed by atoms with E-state index in [1.165, 1.54) is 0 Å².